The number of aromatic nitrogens is 2. The van der Waals surface area contributed by atoms with Gasteiger partial charge in [-0.15, -0.1) is 0 Å². The minimum Gasteiger partial charge on any atom is -0.370 e. The molecule has 1 N–H and O–H groups in total. The van der Waals surface area contributed by atoms with Crippen molar-refractivity contribution in [2.24, 2.45) is 0 Å². The van der Waals surface area contributed by atoms with E-state index in [9.17, 15) is 0 Å². The fraction of sp³-hybridized carbons (Fsp3) is 0.333. The molecule has 1 heterocycles. The second-order valence-electron chi connectivity index (χ2n) is 4.46. The Hall–Kier alpha value is -1.32. The molecule has 5 heteroatoms. The van der Waals surface area contributed by atoms with E-state index in [2.05, 4.69) is 22.2 Å². The molecular weight excluding hydrogens is 293 g/mol. The molecule has 0 aliphatic heterocycles. The normalized spacial score (nSPS) is 10.6. The second kappa shape index (κ2) is 6.91. The van der Waals surface area contributed by atoms with Crippen LogP contribution in [0.15, 0.2) is 24.3 Å². The first-order valence-corrected chi connectivity index (χ1v) is 7.42. The predicted octanol–water partition coefficient (Wildman–Crippen LogP) is 4.37. The van der Waals surface area contributed by atoms with Crippen molar-refractivity contribution in [3.63, 3.8) is 0 Å². The number of halogens is 2. The zero-order valence-corrected chi connectivity index (χ0v) is 13.1. The van der Waals surface area contributed by atoms with E-state index < -0.39 is 0 Å². The van der Waals surface area contributed by atoms with Crippen molar-refractivity contribution in [1.82, 2.24) is 9.97 Å². The van der Waals surface area contributed by atoms with E-state index in [1.165, 1.54) is 0 Å². The second-order valence-corrected chi connectivity index (χ2v) is 5.30. The molecule has 0 unspecified atom stereocenters. The zero-order valence-electron chi connectivity index (χ0n) is 11.6. The van der Waals surface area contributed by atoms with E-state index in [1.54, 1.807) is 6.07 Å². The topological polar surface area (TPSA) is 37.8 Å². The van der Waals surface area contributed by atoms with Gasteiger partial charge in [-0.2, -0.15) is 0 Å². The van der Waals surface area contributed by atoms with Gasteiger partial charge in [0.05, 0.1) is 0 Å². The summed E-state index contributed by atoms with van der Waals surface area (Å²) in [5.74, 6) is 1.63. The van der Waals surface area contributed by atoms with Crippen molar-refractivity contribution >= 4 is 29.0 Å². The Morgan fingerprint density at radius 2 is 1.90 bits per heavy atom. The first-order chi connectivity index (χ1) is 9.62. The number of benzene rings is 1. The van der Waals surface area contributed by atoms with Gasteiger partial charge in [0.1, 0.15) is 11.6 Å². The van der Waals surface area contributed by atoms with E-state index in [0.29, 0.717) is 16.5 Å². The van der Waals surface area contributed by atoms with Crippen LogP contribution in [0.5, 0.6) is 0 Å². The maximum atomic E-state index is 6.20. The molecular formula is C15H17Cl2N3. The van der Waals surface area contributed by atoms with Crippen LogP contribution in [0.1, 0.15) is 30.9 Å². The van der Waals surface area contributed by atoms with E-state index in [1.807, 2.05) is 25.1 Å². The molecule has 0 spiro atoms. The minimum absolute atomic E-state index is 0.599. The highest BCUT2D eigenvalue weighted by molar-refractivity contribution is 6.35. The summed E-state index contributed by atoms with van der Waals surface area (Å²) < 4.78 is 0. The Bertz CT molecular complexity index is 600. The number of aryl methyl sites for hydroxylation is 1. The summed E-state index contributed by atoms with van der Waals surface area (Å²) in [4.78, 5) is 9.07. The average molecular weight is 310 g/mol. The van der Waals surface area contributed by atoms with E-state index in [4.69, 9.17) is 23.2 Å². The Kier molecular flexibility index (Phi) is 5.21. The van der Waals surface area contributed by atoms with E-state index in [0.717, 1.165) is 35.9 Å². The molecule has 2 rings (SSSR count). The van der Waals surface area contributed by atoms with Crippen LogP contribution in [0.2, 0.25) is 10.0 Å². The first-order valence-electron chi connectivity index (χ1n) is 6.67. The van der Waals surface area contributed by atoms with E-state index >= 15 is 0 Å². The maximum Gasteiger partial charge on any atom is 0.135 e. The largest absolute Gasteiger partial charge is 0.370 e. The van der Waals surface area contributed by atoms with Crippen molar-refractivity contribution in [3.8, 4) is 0 Å². The zero-order chi connectivity index (χ0) is 14.5. The molecule has 2 aromatic rings. The van der Waals surface area contributed by atoms with Gasteiger partial charge in [0, 0.05) is 34.8 Å². The minimum atomic E-state index is 0.599. The summed E-state index contributed by atoms with van der Waals surface area (Å²) >= 11 is 12.1. The predicted molar refractivity (Wildman–Crippen MR) is 84.8 cm³/mol. The van der Waals surface area contributed by atoms with Gasteiger partial charge in [-0.1, -0.05) is 36.2 Å². The van der Waals surface area contributed by atoms with Crippen LogP contribution in [0.4, 0.5) is 5.82 Å². The lowest BCUT2D eigenvalue weighted by Crippen LogP contribution is -2.06. The lowest BCUT2D eigenvalue weighted by atomic mass is 10.1. The van der Waals surface area contributed by atoms with Crippen LogP contribution in [0.25, 0.3) is 0 Å². The van der Waals surface area contributed by atoms with Gasteiger partial charge in [-0.05, 0) is 31.0 Å². The number of rotatable bonds is 5. The maximum absolute atomic E-state index is 6.20. The van der Waals surface area contributed by atoms with Crippen LogP contribution in [-0.4, -0.2) is 16.5 Å². The molecule has 1 aromatic heterocycles. The Morgan fingerprint density at radius 1 is 1.10 bits per heavy atom. The summed E-state index contributed by atoms with van der Waals surface area (Å²) in [5.41, 5.74) is 2.00. The van der Waals surface area contributed by atoms with Gasteiger partial charge >= 0.3 is 0 Å². The summed E-state index contributed by atoms with van der Waals surface area (Å²) in [6.45, 7) is 4.96. The van der Waals surface area contributed by atoms with Gasteiger partial charge in [-0.25, -0.2) is 9.97 Å². The number of nitrogens with one attached hydrogen (secondary N) is 1. The molecule has 0 amide bonds. The highest BCUT2D eigenvalue weighted by atomic mass is 35.5. The third kappa shape index (κ3) is 3.84. The molecule has 0 bridgehead atoms. The molecule has 0 saturated heterocycles. The van der Waals surface area contributed by atoms with Gasteiger partial charge in [-0.3, -0.25) is 0 Å². The molecule has 20 heavy (non-hydrogen) atoms. The lowest BCUT2D eigenvalue weighted by molar-refractivity contribution is 0.904. The van der Waals surface area contributed by atoms with E-state index in [-0.39, 0.29) is 0 Å². The van der Waals surface area contributed by atoms with Crippen molar-refractivity contribution < 1.29 is 0 Å². The molecule has 0 radical (unpaired) electrons. The highest BCUT2D eigenvalue weighted by Gasteiger charge is 2.07. The smallest absolute Gasteiger partial charge is 0.135 e. The Morgan fingerprint density at radius 3 is 2.55 bits per heavy atom. The van der Waals surface area contributed by atoms with Crippen molar-refractivity contribution in [2.45, 2.75) is 26.7 Å². The van der Waals surface area contributed by atoms with Crippen molar-refractivity contribution in [3.05, 3.63) is 51.4 Å². The summed E-state index contributed by atoms with van der Waals surface area (Å²) in [6, 6.07) is 7.47. The third-order valence-electron chi connectivity index (χ3n) is 2.91. The number of hydrogen-bond donors (Lipinski definition) is 1. The Labute approximate surface area is 129 Å². The monoisotopic (exact) mass is 309 g/mol. The molecule has 0 atom stereocenters. The van der Waals surface area contributed by atoms with Gasteiger partial charge in [0.15, 0.2) is 0 Å². The van der Waals surface area contributed by atoms with Crippen LogP contribution < -0.4 is 5.32 Å². The molecule has 106 valence electrons. The fourth-order valence-electron chi connectivity index (χ4n) is 1.92. The van der Waals surface area contributed by atoms with Gasteiger partial charge < -0.3 is 5.32 Å². The van der Waals surface area contributed by atoms with Crippen LogP contribution in [0, 0.1) is 0 Å². The highest BCUT2D eigenvalue weighted by Crippen LogP contribution is 2.23. The summed E-state index contributed by atoms with van der Waals surface area (Å²) in [7, 11) is 0. The SMILES string of the molecule is CCNc1cc(CC)nc(Cc2ccc(Cl)cc2Cl)n1. The van der Waals surface area contributed by atoms with Gasteiger partial charge in [0.25, 0.3) is 0 Å². The Balaban J connectivity index is 2.29. The van der Waals surface area contributed by atoms with Crippen LogP contribution in [-0.2, 0) is 12.8 Å². The summed E-state index contributed by atoms with van der Waals surface area (Å²) in [5, 5.41) is 4.51. The third-order valence-corrected chi connectivity index (χ3v) is 3.50. The average Bonchev–Trinajstić information content (AvgIpc) is 2.42. The van der Waals surface area contributed by atoms with Gasteiger partial charge in [0.2, 0.25) is 0 Å². The summed E-state index contributed by atoms with van der Waals surface area (Å²) in [6.07, 6.45) is 1.48. The number of hydrogen-bond acceptors (Lipinski definition) is 3. The van der Waals surface area contributed by atoms with Crippen LogP contribution in [0.3, 0.4) is 0 Å². The van der Waals surface area contributed by atoms with Crippen molar-refractivity contribution in [1.29, 1.82) is 0 Å². The number of nitrogens with zero attached hydrogens (tertiary/aromatic N) is 2. The van der Waals surface area contributed by atoms with Crippen LogP contribution >= 0.6 is 23.2 Å². The first kappa shape index (κ1) is 15.1. The number of anilines is 1. The molecule has 0 aliphatic rings. The molecule has 1 aromatic carbocycles. The van der Waals surface area contributed by atoms with Crippen molar-refractivity contribution in [2.75, 3.05) is 11.9 Å². The standard InChI is InChI=1S/C15H17Cl2N3/c1-3-12-9-14(18-4-2)20-15(19-12)7-10-5-6-11(16)8-13(10)17/h5-6,8-9H,3-4,7H2,1-2H3,(H,18,19,20). The fourth-order valence-corrected chi connectivity index (χ4v) is 2.39. The molecule has 0 aliphatic carbocycles. The molecule has 0 saturated carbocycles. The molecule has 0 fully saturated rings. The molecule has 3 nitrogen and oxygen atoms in total. The lowest BCUT2D eigenvalue weighted by Gasteiger charge is -2.09. The quantitative estimate of drug-likeness (QED) is 0.891.